The second kappa shape index (κ2) is 17.8. The Kier molecular flexibility index (Phi) is 20.3. The molecule has 0 fully saturated rings. The van der Waals surface area contributed by atoms with Crippen molar-refractivity contribution in [1.29, 1.82) is 0 Å². The molecule has 0 atom stereocenters. The molecule has 0 aliphatic heterocycles. The first-order valence-electron chi connectivity index (χ1n) is 6.58. The number of benzene rings is 1. The van der Waals surface area contributed by atoms with E-state index in [0.717, 1.165) is 20.8 Å². The van der Waals surface area contributed by atoms with Crippen molar-refractivity contribution < 1.29 is 35.1 Å². The van der Waals surface area contributed by atoms with E-state index in [1.165, 1.54) is 8.69 Å². The van der Waals surface area contributed by atoms with Crippen LogP contribution in [0.5, 0.6) is 0 Å². The van der Waals surface area contributed by atoms with Gasteiger partial charge in [0.05, 0.1) is 0 Å². The van der Waals surface area contributed by atoms with Gasteiger partial charge in [0.15, 0.2) is 0 Å². The summed E-state index contributed by atoms with van der Waals surface area (Å²) in [6.45, 7) is 5.33. The van der Waals surface area contributed by atoms with Crippen molar-refractivity contribution in [2.75, 3.05) is 14.2 Å². The molecule has 8 nitrogen and oxygen atoms in total. The van der Waals surface area contributed by atoms with Crippen LogP contribution in [0.25, 0.3) is 0 Å². The summed E-state index contributed by atoms with van der Waals surface area (Å²) in [7, 11) is 3.46. The standard InChI is InChI=1S/C7H7.3C2H4O2.2CH3O.Pb/c1-7-5-3-2-4-6-7;3*1-2(3)4;2*1-2;/h3-6H,1H3;3*1H3,(H,3,4);2*1H3;/q;;;;2*-1;+2. The number of hydrogen-bond donors (Lipinski definition) is 3. The number of carboxylic acid groups (broad SMARTS) is 3. The minimum absolute atomic E-state index is 0.833. The fourth-order valence-corrected chi connectivity index (χ4v) is 5.20. The van der Waals surface area contributed by atoms with Gasteiger partial charge in [0.1, 0.15) is 0 Å². The van der Waals surface area contributed by atoms with Gasteiger partial charge in [-0.1, -0.05) is 0 Å². The van der Waals surface area contributed by atoms with E-state index in [1.54, 1.807) is 14.2 Å². The van der Waals surface area contributed by atoms with Crippen LogP contribution < -0.4 is 3.12 Å². The monoisotopic (exact) mass is 541 g/mol. The molecule has 0 heterocycles. The van der Waals surface area contributed by atoms with Crippen molar-refractivity contribution in [2.45, 2.75) is 27.7 Å². The van der Waals surface area contributed by atoms with Crippen molar-refractivity contribution in [3.8, 4) is 0 Å². The van der Waals surface area contributed by atoms with E-state index in [9.17, 15) is 0 Å². The molecule has 0 spiro atoms. The van der Waals surface area contributed by atoms with Crippen LogP contribution in [0.4, 0.5) is 0 Å². The van der Waals surface area contributed by atoms with Gasteiger partial charge in [-0.25, -0.2) is 0 Å². The summed E-state index contributed by atoms with van der Waals surface area (Å²) in [5.74, 6) is -2.50. The zero-order chi connectivity index (χ0) is 19.7. The Hall–Kier alpha value is -1.53. The Morgan fingerprint density at radius 2 is 1.04 bits per heavy atom. The molecular formula is C15H25O8Pb. The number of aryl methyl sites for hydroxylation is 1. The normalized spacial score (nSPS) is 8.46. The van der Waals surface area contributed by atoms with E-state index in [1.807, 2.05) is 0 Å². The van der Waals surface area contributed by atoms with Crippen molar-refractivity contribution in [2.24, 2.45) is 0 Å². The molecule has 1 rings (SSSR count). The van der Waals surface area contributed by atoms with Gasteiger partial charge in [-0.05, 0) is 0 Å². The van der Waals surface area contributed by atoms with Gasteiger partial charge in [0, 0.05) is 20.8 Å². The average molecular weight is 541 g/mol. The molecular weight excluding hydrogens is 515 g/mol. The Balaban J connectivity index is -0.000000304. The van der Waals surface area contributed by atoms with Crippen LogP contribution in [0.3, 0.4) is 0 Å². The second-order valence-electron chi connectivity index (χ2n) is 4.12. The van der Waals surface area contributed by atoms with Gasteiger partial charge in [0.2, 0.25) is 0 Å². The Bertz CT molecular complexity index is 428. The van der Waals surface area contributed by atoms with Crippen LogP contribution in [0.2, 0.25) is 0 Å². The predicted molar refractivity (Wildman–Crippen MR) is 90.5 cm³/mol. The molecule has 0 aliphatic rings. The molecule has 0 aromatic heterocycles. The molecule has 0 aliphatic carbocycles. The maximum atomic E-state index is 9.00. The van der Waals surface area contributed by atoms with E-state index in [-0.39, 0.29) is 0 Å². The van der Waals surface area contributed by atoms with Crippen molar-refractivity contribution in [3.05, 3.63) is 29.8 Å². The van der Waals surface area contributed by atoms with E-state index >= 15 is 0 Å². The van der Waals surface area contributed by atoms with E-state index < -0.39 is 41.5 Å². The molecule has 1 aromatic rings. The van der Waals surface area contributed by atoms with Gasteiger partial charge < -0.3 is 15.3 Å². The van der Waals surface area contributed by atoms with Crippen molar-refractivity contribution in [1.82, 2.24) is 0 Å². The molecule has 0 saturated heterocycles. The molecule has 0 saturated carbocycles. The van der Waals surface area contributed by atoms with Crippen molar-refractivity contribution in [3.63, 3.8) is 0 Å². The number of hydrogen-bond acceptors (Lipinski definition) is 5. The van der Waals surface area contributed by atoms with Gasteiger partial charge in [-0.15, -0.1) is 0 Å². The summed E-state index contributed by atoms with van der Waals surface area (Å²) < 4.78 is 11.9. The number of rotatable bonds is 3. The summed E-state index contributed by atoms with van der Waals surface area (Å²) in [6.07, 6.45) is 0. The summed E-state index contributed by atoms with van der Waals surface area (Å²) in [4.78, 5) is 27.0. The third-order valence-corrected chi connectivity index (χ3v) is 7.67. The molecule has 0 amide bonds. The molecule has 1 radical (unpaired) electrons. The topological polar surface area (TPSA) is 130 Å². The molecule has 24 heavy (non-hydrogen) atoms. The number of carbonyl (C=O) groups is 3. The first kappa shape index (κ1) is 27.3. The second-order valence-corrected chi connectivity index (χ2v) is 11.8. The van der Waals surface area contributed by atoms with E-state index in [2.05, 4.69) is 31.2 Å². The third-order valence-electron chi connectivity index (χ3n) is 1.66. The molecule has 0 unspecified atom stereocenters. The first-order chi connectivity index (χ1) is 11.0. The van der Waals surface area contributed by atoms with Crippen molar-refractivity contribution >= 4 is 44.6 Å². The van der Waals surface area contributed by atoms with Gasteiger partial charge in [0.25, 0.3) is 17.9 Å². The van der Waals surface area contributed by atoms with Crippen LogP contribution >= 0.6 is 0 Å². The maximum absolute atomic E-state index is 9.00. The van der Waals surface area contributed by atoms with Crippen LogP contribution in [-0.2, 0) is 19.8 Å². The zero-order valence-electron chi connectivity index (χ0n) is 14.7. The molecule has 9 heteroatoms. The molecule has 3 N–H and O–H groups in total. The summed E-state index contributed by atoms with van der Waals surface area (Å²) in [5, 5.41) is 22.2. The van der Waals surface area contributed by atoms with E-state index in [4.69, 9.17) is 35.1 Å². The predicted octanol–water partition coefficient (Wildman–Crippen LogP) is 1.26. The third kappa shape index (κ3) is 28.6. The minimum atomic E-state index is -2.28. The summed E-state index contributed by atoms with van der Waals surface area (Å²) >= 11 is -2.28. The quantitative estimate of drug-likeness (QED) is 0.489. The molecule has 137 valence electrons. The van der Waals surface area contributed by atoms with Crippen LogP contribution in [0.15, 0.2) is 24.3 Å². The average Bonchev–Trinajstić information content (AvgIpc) is 2.40. The number of aliphatic carboxylic acids is 3. The van der Waals surface area contributed by atoms with Crippen LogP contribution in [-0.4, -0.2) is 71.1 Å². The van der Waals surface area contributed by atoms with Gasteiger partial charge >= 0.3 is 83.1 Å². The van der Waals surface area contributed by atoms with Crippen LogP contribution in [0.1, 0.15) is 26.3 Å². The van der Waals surface area contributed by atoms with Gasteiger partial charge in [-0.2, -0.15) is 0 Å². The fourth-order valence-electron chi connectivity index (χ4n) is 1.01. The summed E-state index contributed by atoms with van der Waals surface area (Å²) in [5.41, 5.74) is 1.27. The molecule has 0 bridgehead atoms. The first-order valence-corrected chi connectivity index (χ1v) is 11.7. The fraction of sp³-hybridized carbons (Fsp3) is 0.400. The molecule has 1 aromatic carbocycles. The Labute approximate surface area is 151 Å². The Morgan fingerprint density at radius 3 is 1.25 bits per heavy atom. The summed E-state index contributed by atoms with van der Waals surface area (Å²) in [6, 6.07) is 8.39. The Morgan fingerprint density at radius 1 is 0.792 bits per heavy atom. The van der Waals surface area contributed by atoms with Gasteiger partial charge in [-0.3, -0.25) is 14.4 Å². The SMILES string of the molecule is CC(=O)O.CC(=O)O.CC(=O)O.C[O][Pb]([O]C)[c]1ccc(C)cc1. The van der Waals surface area contributed by atoms with Crippen LogP contribution in [0, 0.1) is 6.92 Å². The number of carboxylic acids is 3. The van der Waals surface area contributed by atoms with E-state index in [0.29, 0.717) is 0 Å². The zero-order valence-corrected chi connectivity index (χ0v) is 18.6.